The third-order valence-corrected chi connectivity index (χ3v) is 7.74. The van der Waals surface area contributed by atoms with Crippen LogP contribution in [-0.2, 0) is 24.3 Å². The Kier molecular flexibility index (Phi) is 6.60. The second kappa shape index (κ2) is 10.3. The van der Waals surface area contributed by atoms with Crippen LogP contribution < -0.4 is 4.74 Å². The summed E-state index contributed by atoms with van der Waals surface area (Å²) >= 11 is 0. The van der Waals surface area contributed by atoms with Gasteiger partial charge in [-0.2, -0.15) is 0 Å². The Balaban J connectivity index is 1.24. The Labute approximate surface area is 222 Å². The number of rotatable bonds is 6. The van der Waals surface area contributed by atoms with Crippen molar-refractivity contribution in [3.05, 3.63) is 101 Å². The Hall–Kier alpha value is -4.10. The van der Waals surface area contributed by atoms with Crippen LogP contribution in [0.5, 0.6) is 5.75 Å². The van der Waals surface area contributed by atoms with E-state index in [2.05, 4.69) is 46.3 Å². The number of hydrogen-bond donors (Lipinski definition) is 1. The van der Waals surface area contributed by atoms with E-state index < -0.39 is 0 Å². The predicted octanol–water partition coefficient (Wildman–Crippen LogP) is 4.09. The number of carbonyl (C=O) groups excluding carboxylic acids is 2. The smallest absolute Gasteiger partial charge is 0.270 e. The maximum Gasteiger partial charge on any atom is 0.270 e. The number of aromatic nitrogens is 1. The van der Waals surface area contributed by atoms with E-state index in [0.29, 0.717) is 18.8 Å². The minimum absolute atomic E-state index is 0.0198. The average molecular weight is 509 g/mol. The highest BCUT2D eigenvalue weighted by Gasteiger charge is 2.36. The van der Waals surface area contributed by atoms with Gasteiger partial charge in [0.1, 0.15) is 18.0 Å². The van der Waals surface area contributed by atoms with Crippen molar-refractivity contribution in [2.45, 2.75) is 25.6 Å². The molecular formula is C31H32N4O3. The molecule has 3 aromatic carbocycles. The molecule has 0 saturated carbocycles. The zero-order valence-electron chi connectivity index (χ0n) is 21.6. The van der Waals surface area contributed by atoms with E-state index in [0.717, 1.165) is 48.3 Å². The zero-order valence-corrected chi connectivity index (χ0v) is 21.6. The summed E-state index contributed by atoms with van der Waals surface area (Å²) in [7, 11) is 1.63. The number of methoxy groups -OCH3 is 1. The van der Waals surface area contributed by atoms with Gasteiger partial charge in [-0.15, -0.1) is 0 Å². The fourth-order valence-electron chi connectivity index (χ4n) is 5.71. The lowest BCUT2D eigenvalue weighted by atomic mass is 9.99. The van der Waals surface area contributed by atoms with Gasteiger partial charge in [-0.25, -0.2) is 0 Å². The number of ether oxygens (including phenoxy) is 1. The lowest BCUT2D eigenvalue weighted by Crippen LogP contribution is -2.60. The second-order valence-electron chi connectivity index (χ2n) is 10.2. The second-order valence-corrected chi connectivity index (χ2v) is 10.2. The summed E-state index contributed by atoms with van der Waals surface area (Å²) in [5.41, 5.74) is 5.20. The summed E-state index contributed by atoms with van der Waals surface area (Å²) in [6, 6.07) is 26.1. The Morgan fingerprint density at radius 1 is 0.974 bits per heavy atom. The lowest BCUT2D eigenvalue weighted by molar-refractivity contribution is -0.140. The van der Waals surface area contributed by atoms with Gasteiger partial charge >= 0.3 is 0 Å². The first-order valence-electron chi connectivity index (χ1n) is 13.2. The van der Waals surface area contributed by atoms with Crippen molar-refractivity contribution in [1.29, 1.82) is 0 Å². The largest absolute Gasteiger partial charge is 0.497 e. The molecule has 0 radical (unpaired) electrons. The summed E-state index contributed by atoms with van der Waals surface area (Å²) in [6.45, 7) is 3.64. The summed E-state index contributed by atoms with van der Waals surface area (Å²) in [5, 5.41) is 0.908. The molecule has 2 aliphatic heterocycles. The number of fused-ring (bicyclic) bond motifs is 2. The van der Waals surface area contributed by atoms with Crippen LogP contribution >= 0.6 is 0 Å². The predicted molar refractivity (Wildman–Crippen MR) is 147 cm³/mol. The Morgan fingerprint density at radius 3 is 2.58 bits per heavy atom. The summed E-state index contributed by atoms with van der Waals surface area (Å²) in [4.78, 5) is 36.5. The number of carbonyl (C=O) groups is 2. The van der Waals surface area contributed by atoms with Gasteiger partial charge in [-0.1, -0.05) is 54.6 Å². The highest BCUT2D eigenvalue weighted by molar-refractivity contribution is 6.00. The topological polar surface area (TPSA) is 68.9 Å². The number of aromatic amines is 1. The van der Waals surface area contributed by atoms with Gasteiger partial charge in [-0.3, -0.25) is 14.5 Å². The van der Waals surface area contributed by atoms with Crippen LogP contribution in [0.25, 0.3) is 10.9 Å². The molecule has 0 aliphatic carbocycles. The molecule has 2 amide bonds. The molecule has 1 aromatic heterocycles. The highest BCUT2D eigenvalue weighted by atomic mass is 16.5. The number of hydrogen-bond acceptors (Lipinski definition) is 4. The summed E-state index contributed by atoms with van der Waals surface area (Å²) < 4.78 is 5.33. The first-order valence-corrected chi connectivity index (χ1v) is 13.2. The minimum atomic E-state index is -0.151. The third-order valence-electron chi connectivity index (χ3n) is 7.74. The van der Waals surface area contributed by atoms with Gasteiger partial charge in [0.25, 0.3) is 5.91 Å². The summed E-state index contributed by atoms with van der Waals surface area (Å²) in [6.07, 6.45) is 0.997. The van der Waals surface area contributed by atoms with E-state index in [1.54, 1.807) is 12.0 Å². The van der Waals surface area contributed by atoms with Crippen LogP contribution in [0.4, 0.5) is 0 Å². The fraction of sp³-hybridized carbons (Fsp3) is 0.290. The maximum absolute atomic E-state index is 13.6. The van der Waals surface area contributed by atoms with E-state index in [4.69, 9.17) is 4.74 Å². The van der Waals surface area contributed by atoms with Crippen molar-refractivity contribution in [1.82, 2.24) is 19.7 Å². The Bertz CT molecular complexity index is 1460. The van der Waals surface area contributed by atoms with Crippen molar-refractivity contribution >= 4 is 22.7 Å². The van der Waals surface area contributed by atoms with Crippen LogP contribution in [-0.4, -0.2) is 70.8 Å². The van der Waals surface area contributed by atoms with Crippen LogP contribution in [0.15, 0.2) is 78.9 Å². The van der Waals surface area contributed by atoms with Gasteiger partial charge in [0.15, 0.2) is 0 Å². The molecule has 3 heterocycles. The van der Waals surface area contributed by atoms with Crippen LogP contribution in [0.1, 0.15) is 27.2 Å². The van der Waals surface area contributed by atoms with Gasteiger partial charge in [0, 0.05) is 43.6 Å². The molecule has 6 rings (SSSR count). The fourth-order valence-corrected chi connectivity index (χ4v) is 5.71. The first-order chi connectivity index (χ1) is 18.6. The zero-order chi connectivity index (χ0) is 26.1. The molecule has 2 aliphatic rings. The molecule has 7 heteroatoms. The molecular weight excluding hydrogens is 476 g/mol. The molecule has 7 nitrogen and oxygen atoms in total. The molecule has 1 atom stereocenters. The number of amides is 2. The van der Waals surface area contributed by atoms with Gasteiger partial charge in [-0.05, 0) is 47.4 Å². The Morgan fingerprint density at radius 2 is 1.76 bits per heavy atom. The number of nitrogens with zero attached hydrogens (tertiary/aromatic N) is 3. The average Bonchev–Trinajstić information content (AvgIpc) is 3.38. The number of nitrogens with one attached hydrogen (secondary N) is 1. The molecule has 38 heavy (non-hydrogen) atoms. The minimum Gasteiger partial charge on any atom is -0.497 e. The van der Waals surface area contributed by atoms with Crippen molar-refractivity contribution in [3.63, 3.8) is 0 Å². The third kappa shape index (κ3) is 4.89. The van der Waals surface area contributed by atoms with E-state index in [1.807, 2.05) is 47.4 Å². The van der Waals surface area contributed by atoms with Crippen molar-refractivity contribution in [2.24, 2.45) is 0 Å². The molecule has 0 spiro atoms. The molecule has 0 unspecified atom stereocenters. The van der Waals surface area contributed by atoms with E-state index in [1.165, 1.54) is 11.1 Å². The molecule has 0 bridgehead atoms. The van der Waals surface area contributed by atoms with E-state index >= 15 is 0 Å². The molecule has 4 aromatic rings. The van der Waals surface area contributed by atoms with Crippen molar-refractivity contribution in [2.75, 3.05) is 33.3 Å². The molecule has 1 N–H and O–H groups in total. The van der Waals surface area contributed by atoms with Crippen molar-refractivity contribution in [3.8, 4) is 5.75 Å². The van der Waals surface area contributed by atoms with E-state index in [-0.39, 0.29) is 24.4 Å². The summed E-state index contributed by atoms with van der Waals surface area (Å²) in [5.74, 6) is 0.568. The molecule has 1 saturated heterocycles. The maximum atomic E-state index is 13.6. The first kappa shape index (κ1) is 24.2. The SMILES string of the molecule is COc1ccc2[nH]c(C(=O)N3CC(=O)N(Cc4ccccc4)[C@@H](CN4CCc5ccccc5C4)C3)cc2c1. The molecule has 194 valence electrons. The number of H-pyrrole nitrogens is 1. The number of piperazine rings is 1. The quantitative estimate of drug-likeness (QED) is 0.426. The lowest BCUT2D eigenvalue weighted by Gasteiger charge is -2.43. The van der Waals surface area contributed by atoms with Crippen LogP contribution in [0, 0.1) is 0 Å². The van der Waals surface area contributed by atoms with E-state index in [9.17, 15) is 9.59 Å². The van der Waals surface area contributed by atoms with Crippen LogP contribution in [0.2, 0.25) is 0 Å². The van der Waals surface area contributed by atoms with Gasteiger partial charge in [0.05, 0.1) is 13.2 Å². The highest BCUT2D eigenvalue weighted by Crippen LogP contribution is 2.25. The standard InChI is InChI=1S/C31H32N4O3/c1-38-27-11-12-28-25(15-27)16-29(32-28)31(37)34-20-26(19-33-14-13-23-9-5-6-10-24(23)18-33)35(30(36)21-34)17-22-7-3-2-4-8-22/h2-12,15-16,26,32H,13-14,17-21H2,1H3/t26-/m0/s1. The number of benzene rings is 3. The van der Waals surface area contributed by atoms with Gasteiger partial charge in [0.2, 0.25) is 5.91 Å². The normalized spacial score (nSPS) is 18.0. The monoisotopic (exact) mass is 508 g/mol. The van der Waals surface area contributed by atoms with Crippen molar-refractivity contribution < 1.29 is 14.3 Å². The van der Waals surface area contributed by atoms with Gasteiger partial charge < -0.3 is 19.5 Å². The molecule has 1 fully saturated rings. The van der Waals surface area contributed by atoms with Crippen LogP contribution in [0.3, 0.4) is 0 Å².